The summed E-state index contributed by atoms with van der Waals surface area (Å²) in [5, 5.41) is 9.80. The molecule has 0 fully saturated rings. The topological polar surface area (TPSA) is 133 Å². The van der Waals surface area contributed by atoms with E-state index in [0.29, 0.717) is 24.3 Å². The molecule has 0 spiro atoms. The molecular weight excluding hydrogens is 450 g/mol. The van der Waals surface area contributed by atoms with Crippen molar-refractivity contribution >= 4 is 23.0 Å². The average Bonchev–Trinajstić information content (AvgIpc) is 2.81. The molecule has 0 aliphatic heterocycles. The van der Waals surface area contributed by atoms with Crippen LogP contribution in [0.25, 0.3) is 0 Å². The van der Waals surface area contributed by atoms with Crippen LogP contribution < -0.4 is 11.5 Å². The summed E-state index contributed by atoms with van der Waals surface area (Å²) in [7, 11) is 0. The first kappa shape index (κ1) is 27.9. The third kappa shape index (κ3) is 8.13. The monoisotopic (exact) mass is 487 g/mol. The van der Waals surface area contributed by atoms with E-state index >= 15 is 0 Å². The van der Waals surface area contributed by atoms with Crippen LogP contribution in [0.5, 0.6) is 5.75 Å². The maximum absolute atomic E-state index is 13.3. The molecule has 0 aliphatic carbocycles. The zero-order valence-corrected chi connectivity index (χ0v) is 21.1. The Morgan fingerprint density at radius 1 is 1.06 bits per heavy atom. The number of nitrogens with two attached hydrogens (primary N) is 2. The number of rotatable bonds is 12. The van der Waals surface area contributed by atoms with E-state index in [9.17, 15) is 19.2 Å². The predicted octanol–water partition coefficient (Wildman–Crippen LogP) is 2.35. The van der Waals surface area contributed by atoms with Gasteiger partial charge in [0.15, 0.2) is 0 Å². The minimum Gasteiger partial charge on any atom is -0.616 e. The number of hydrogen-bond acceptors (Lipinski definition) is 6. The molecule has 0 saturated carbocycles. The van der Waals surface area contributed by atoms with Crippen LogP contribution >= 0.6 is 0 Å². The van der Waals surface area contributed by atoms with Crippen molar-refractivity contribution in [1.29, 1.82) is 0 Å². The summed E-state index contributed by atoms with van der Waals surface area (Å²) in [4.78, 5) is 27.7. The summed E-state index contributed by atoms with van der Waals surface area (Å²) < 4.78 is 11.8. The predicted molar refractivity (Wildman–Crippen MR) is 137 cm³/mol. The summed E-state index contributed by atoms with van der Waals surface area (Å²) in [5.41, 5.74) is 16.1. The molecule has 2 unspecified atom stereocenters. The summed E-state index contributed by atoms with van der Waals surface area (Å²) >= 11 is -1.04. The summed E-state index contributed by atoms with van der Waals surface area (Å²) in [6, 6.07) is 11.3. The van der Waals surface area contributed by atoms with E-state index in [1.807, 2.05) is 51.1 Å². The van der Waals surface area contributed by atoms with Crippen molar-refractivity contribution in [1.82, 2.24) is 4.90 Å². The molecule has 0 heterocycles. The molecule has 2 aromatic rings. The number of imide groups is 1. The van der Waals surface area contributed by atoms with Gasteiger partial charge in [0.05, 0.1) is 12.1 Å². The molecule has 2 rings (SSSR count). The largest absolute Gasteiger partial charge is 0.616 e. The van der Waals surface area contributed by atoms with E-state index in [2.05, 4.69) is 0 Å². The maximum atomic E-state index is 13.3. The Labute approximate surface area is 205 Å². The third-order valence-electron chi connectivity index (χ3n) is 5.94. The van der Waals surface area contributed by atoms with Gasteiger partial charge in [-0.2, -0.15) is 0 Å². The molecule has 8 heteroatoms. The van der Waals surface area contributed by atoms with Gasteiger partial charge in [0.25, 0.3) is 0 Å². The van der Waals surface area contributed by atoms with Gasteiger partial charge in [0.2, 0.25) is 11.8 Å². The van der Waals surface area contributed by atoms with Crippen molar-refractivity contribution < 1.29 is 19.2 Å². The van der Waals surface area contributed by atoms with E-state index < -0.39 is 35.1 Å². The normalized spacial score (nSPS) is 13.8. The van der Waals surface area contributed by atoms with Gasteiger partial charge in [-0.05, 0) is 74.4 Å². The molecule has 0 aliphatic rings. The highest BCUT2D eigenvalue weighted by Crippen LogP contribution is 2.22. The molecule has 7 nitrogen and oxygen atoms in total. The highest BCUT2D eigenvalue weighted by molar-refractivity contribution is 7.91. The zero-order chi connectivity index (χ0) is 25.3. The van der Waals surface area contributed by atoms with E-state index in [1.165, 1.54) is 4.90 Å². The highest BCUT2D eigenvalue weighted by atomic mass is 32.2. The molecular formula is C26H37N3O4S. The lowest BCUT2D eigenvalue weighted by Gasteiger charge is -2.27. The van der Waals surface area contributed by atoms with Crippen molar-refractivity contribution in [3.05, 3.63) is 64.7 Å². The van der Waals surface area contributed by atoms with Crippen LogP contribution in [0.2, 0.25) is 0 Å². The Kier molecular flexibility index (Phi) is 11.0. The van der Waals surface area contributed by atoms with Crippen molar-refractivity contribution in [2.45, 2.75) is 58.5 Å². The van der Waals surface area contributed by atoms with Gasteiger partial charge in [-0.25, -0.2) is 0 Å². The summed E-state index contributed by atoms with van der Waals surface area (Å²) in [5.74, 6) is 0.00844. The van der Waals surface area contributed by atoms with Crippen LogP contribution in [0.1, 0.15) is 42.0 Å². The first-order valence-corrected chi connectivity index (χ1v) is 13.2. The number of nitrogens with zero attached hydrogens (tertiary/aromatic N) is 1. The van der Waals surface area contributed by atoms with Crippen LogP contribution in [0.15, 0.2) is 42.5 Å². The number of carbonyl (C=O) groups is 2. The summed E-state index contributed by atoms with van der Waals surface area (Å²) in [6.45, 7) is 5.73. The number of aryl methyl sites for hydroxylation is 3. The number of phenols is 1. The van der Waals surface area contributed by atoms with E-state index in [4.69, 9.17) is 11.5 Å². The van der Waals surface area contributed by atoms with Gasteiger partial charge in [-0.1, -0.05) is 41.5 Å². The molecule has 2 aromatic carbocycles. The maximum Gasteiger partial charge on any atom is 0.246 e. The third-order valence-corrected chi connectivity index (χ3v) is 7.27. The van der Waals surface area contributed by atoms with Gasteiger partial charge in [-0.15, -0.1) is 0 Å². The van der Waals surface area contributed by atoms with Gasteiger partial charge in [0.1, 0.15) is 17.3 Å². The van der Waals surface area contributed by atoms with Gasteiger partial charge in [-0.3, -0.25) is 14.5 Å². The minimum absolute atomic E-state index is 0.159. The Hall–Kier alpha value is -2.39. The molecule has 0 aromatic heterocycles. The van der Waals surface area contributed by atoms with Crippen LogP contribution in [0.3, 0.4) is 0 Å². The van der Waals surface area contributed by atoms with E-state index in [1.54, 1.807) is 12.1 Å². The Morgan fingerprint density at radius 3 is 2.24 bits per heavy atom. The van der Waals surface area contributed by atoms with Gasteiger partial charge >= 0.3 is 0 Å². The standard InChI is InChI=1S/C26H37N3O4S/c1-4-34(33)14-12-23(27)25(31)29(13-8-11-20-9-6-5-7-10-20)26(32)24(28)17-22-18(2)15-21(30)16-19(22)3/h5-7,9-10,15-16,23-24,30H,4,8,11-14,17,27-28H2,1-3H3/t23?,24-,34?/m0/s1. The van der Waals surface area contributed by atoms with Crippen molar-refractivity contribution in [3.63, 3.8) is 0 Å². The Morgan fingerprint density at radius 2 is 1.65 bits per heavy atom. The van der Waals surface area contributed by atoms with E-state index in [-0.39, 0.29) is 25.1 Å². The number of aromatic hydroxyl groups is 1. The quantitative estimate of drug-likeness (QED) is 0.394. The first-order chi connectivity index (χ1) is 16.1. The molecule has 186 valence electrons. The molecule has 3 atom stereocenters. The number of hydrogen-bond donors (Lipinski definition) is 3. The number of carbonyl (C=O) groups excluding carboxylic acids is 2. The van der Waals surface area contributed by atoms with Crippen LogP contribution in [-0.2, 0) is 33.6 Å². The highest BCUT2D eigenvalue weighted by Gasteiger charge is 2.31. The second-order valence-corrected chi connectivity index (χ2v) is 10.5. The lowest BCUT2D eigenvalue weighted by molar-refractivity contribution is -0.146. The lowest BCUT2D eigenvalue weighted by atomic mass is 9.95. The lowest BCUT2D eigenvalue weighted by Crippen LogP contribution is -2.53. The fourth-order valence-electron chi connectivity index (χ4n) is 3.94. The van der Waals surface area contributed by atoms with Crippen molar-refractivity contribution in [2.24, 2.45) is 11.5 Å². The zero-order valence-electron chi connectivity index (χ0n) is 20.3. The second kappa shape index (κ2) is 13.5. The smallest absolute Gasteiger partial charge is 0.246 e. The SMILES string of the molecule is CC[S+]([O-])CCC(N)C(=O)N(CCCc1ccccc1)C(=O)[C@@H](N)Cc1c(C)cc(O)cc1C. The van der Waals surface area contributed by atoms with E-state index in [0.717, 1.165) is 22.3 Å². The molecule has 5 N–H and O–H groups in total. The molecule has 34 heavy (non-hydrogen) atoms. The fourth-order valence-corrected chi connectivity index (χ4v) is 4.75. The molecule has 2 amide bonds. The van der Waals surface area contributed by atoms with Crippen LogP contribution in [0, 0.1) is 13.8 Å². The fraction of sp³-hybridized carbons (Fsp3) is 0.462. The second-order valence-electron chi connectivity index (χ2n) is 8.61. The summed E-state index contributed by atoms with van der Waals surface area (Å²) in [6.07, 6.45) is 1.78. The first-order valence-electron chi connectivity index (χ1n) is 11.7. The van der Waals surface area contributed by atoms with Gasteiger partial charge < -0.3 is 21.1 Å². The number of amides is 2. The molecule has 0 saturated heterocycles. The van der Waals surface area contributed by atoms with Crippen LogP contribution in [-0.4, -0.2) is 56.5 Å². The van der Waals surface area contributed by atoms with Gasteiger partial charge in [0, 0.05) is 13.0 Å². The minimum atomic E-state index is -1.04. The number of phenolic OH excluding ortho intramolecular Hbond substituents is 1. The van der Waals surface area contributed by atoms with Crippen molar-refractivity contribution in [2.75, 3.05) is 18.1 Å². The van der Waals surface area contributed by atoms with Crippen molar-refractivity contribution in [3.8, 4) is 5.75 Å². The average molecular weight is 488 g/mol. The Balaban J connectivity index is 2.15. The molecule has 0 radical (unpaired) electrons. The van der Waals surface area contributed by atoms with Crippen LogP contribution in [0.4, 0.5) is 0 Å². The number of benzene rings is 2. The molecule has 0 bridgehead atoms. The Bertz CT molecular complexity index is 931.